The number of carbonyl (C=O) groups is 1. The molecule has 4 rings (SSSR count). The van der Waals surface area contributed by atoms with E-state index < -0.39 is 0 Å². The molecule has 2 bridgehead atoms. The lowest BCUT2D eigenvalue weighted by molar-refractivity contribution is -0.147. The van der Waals surface area contributed by atoms with Crippen molar-refractivity contribution in [3.63, 3.8) is 0 Å². The number of esters is 1. The minimum atomic E-state index is -0.310. The normalized spacial score (nSPS) is 31.7. The molecule has 0 unspecified atom stereocenters. The number of benzene rings is 1. The van der Waals surface area contributed by atoms with E-state index in [2.05, 4.69) is 17.4 Å². The Balaban J connectivity index is 1.65. The third-order valence-electron chi connectivity index (χ3n) is 6.11. The van der Waals surface area contributed by atoms with Crippen molar-refractivity contribution in [3.05, 3.63) is 29.3 Å². The molecule has 0 amide bonds. The van der Waals surface area contributed by atoms with Crippen LogP contribution in [0, 0.1) is 5.92 Å². The van der Waals surface area contributed by atoms with Gasteiger partial charge in [-0.25, -0.2) is 0 Å². The topological polar surface area (TPSA) is 47.6 Å². The maximum atomic E-state index is 10.9. The fourth-order valence-electron chi connectivity index (χ4n) is 5.17. The summed E-state index contributed by atoms with van der Waals surface area (Å²) in [5.74, 6) is 1.27. The van der Waals surface area contributed by atoms with Crippen molar-refractivity contribution >= 4 is 5.97 Å². The Hall–Kier alpha value is -1.55. The van der Waals surface area contributed by atoms with Crippen LogP contribution in [-0.2, 0) is 21.4 Å². The summed E-state index contributed by atoms with van der Waals surface area (Å²) in [7, 11) is 0. The van der Waals surface area contributed by atoms with Gasteiger partial charge in [0.25, 0.3) is 0 Å². The molecular weight excluding hydrogens is 290 g/mol. The molecule has 1 aromatic carbocycles. The lowest BCUT2D eigenvalue weighted by atomic mass is 9.53. The molecule has 1 saturated heterocycles. The molecule has 1 aromatic rings. The van der Waals surface area contributed by atoms with Gasteiger partial charge in [0, 0.05) is 18.4 Å². The highest BCUT2D eigenvalue weighted by Gasteiger charge is 2.51. The predicted octanol–water partition coefficient (Wildman–Crippen LogP) is 2.93. The van der Waals surface area contributed by atoms with Crippen molar-refractivity contribution in [2.24, 2.45) is 5.92 Å². The highest BCUT2D eigenvalue weighted by Crippen LogP contribution is 2.54. The standard InChI is InChI=1S/C19H25NO3/c1-13(21)22-12-23-15-6-5-14-10-18-16-4-2-3-7-19(16,8-9-20-18)17(14)11-15/h5-6,11,16,18,20H,2-4,7-10,12H2,1H3/t16-,18+,19-/m1/s1. The average Bonchev–Trinajstić information content (AvgIpc) is 2.55. The van der Waals surface area contributed by atoms with Gasteiger partial charge in [0.1, 0.15) is 5.75 Å². The highest BCUT2D eigenvalue weighted by atomic mass is 16.7. The molecule has 0 spiro atoms. The minimum absolute atomic E-state index is 0.00523. The fraction of sp³-hybridized carbons (Fsp3) is 0.632. The fourth-order valence-corrected chi connectivity index (χ4v) is 5.17. The van der Waals surface area contributed by atoms with Gasteiger partial charge in [-0.1, -0.05) is 18.9 Å². The minimum Gasteiger partial charge on any atom is -0.457 e. The Morgan fingerprint density at radius 2 is 2.26 bits per heavy atom. The molecule has 3 aliphatic rings. The first-order chi connectivity index (χ1) is 11.2. The Kier molecular flexibility index (Phi) is 3.80. The third kappa shape index (κ3) is 2.53. The second-order valence-electron chi connectivity index (χ2n) is 7.24. The lowest BCUT2D eigenvalue weighted by Gasteiger charge is -2.56. The van der Waals surface area contributed by atoms with Gasteiger partial charge in [0.05, 0.1) is 0 Å². The predicted molar refractivity (Wildman–Crippen MR) is 87.5 cm³/mol. The van der Waals surface area contributed by atoms with Gasteiger partial charge in [-0.2, -0.15) is 0 Å². The average molecular weight is 315 g/mol. The van der Waals surface area contributed by atoms with Crippen molar-refractivity contribution in [2.45, 2.75) is 56.9 Å². The zero-order valence-electron chi connectivity index (χ0n) is 13.8. The number of rotatable bonds is 3. The maximum Gasteiger partial charge on any atom is 0.305 e. The van der Waals surface area contributed by atoms with E-state index >= 15 is 0 Å². The second-order valence-corrected chi connectivity index (χ2v) is 7.24. The van der Waals surface area contributed by atoms with Gasteiger partial charge in [-0.3, -0.25) is 4.79 Å². The number of piperidine rings is 1. The maximum absolute atomic E-state index is 10.9. The van der Waals surface area contributed by atoms with Crippen LogP contribution in [-0.4, -0.2) is 25.3 Å². The molecule has 0 radical (unpaired) electrons. The number of hydrogen-bond acceptors (Lipinski definition) is 4. The van der Waals surface area contributed by atoms with E-state index in [0.29, 0.717) is 11.5 Å². The van der Waals surface area contributed by atoms with Gasteiger partial charge in [0.15, 0.2) is 0 Å². The van der Waals surface area contributed by atoms with Gasteiger partial charge in [-0.05, 0) is 61.4 Å². The summed E-state index contributed by atoms with van der Waals surface area (Å²) in [4.78, 5) is 10.9. The van der Waals surface area contributed by atoms with Gasteiger partial charge >= 0.3 is 5.97 Å². The molecule has 3 atom stereocenters. The number of ether oxygens (including phenoxy) is 2. The van der Waals surface area contributed by atoms with Crippen LogP contribution in [0.2, 0.25) is 0 Å². The van der Waals surface area contributed by atoms with Crippen LogP contribution in [0.5, 0.6) is 5.75 Å². The van der Waals surface area contributed by atoms with E-state index in [0.717, 1.165) is 24.6 Å². The molecule has 1 heterocycles. The van der Waals surface area contributed by atoms with Crippen molar-refractivity contribution < 1.29 is 14.3 Å². The van der Waals surface area contributed by atoms with Gasteiger partial charge in [0.2, 0.25) is 6.79 Å². The van der Waals surface area contributed by atoms with E-state index in [-0.39, 0.29) is 12.8 Å². The molecule has 2 aliphatic carbocycles. The first kappa shape index (κ1) is 15.0. The van der Waals surface area contributed by atoms with E-state index in [9.17, 15) is 4.79 Å². The summed E-state index contributed by atoms with van der Waals surface area (Å²) in [6, 6.07) is 7.09. The first-order valence-corrected chi connectivity index (χ1v) is 8.82. The Morgan fingerprint density at radius 3 is 3.13 bits per heavy atom. The lowest BCUT2D eigenvalue weighted by Crippen LogP contribution is -2.59. The quantitative estimate of drug-likeness (QED) is 0.688. The second kappa shape index (κ2) is 5.82. The van der Waals surface area contributed by atoms with Gasteiger partial charge < -0.3 is 14.8 Å². The monoisotopic (exact) mass is 315 g/mol. The van der Waals surface area contributed by atoms with Crippen molar-refractivity contribution in [1.29, 1.82) is 0 Å². The summed E-state index contributed by atoms with van der Waals surface area (Å²) in [5, 5.41) is 3.76. The number of nitrogens with one attached hydrogen (secondary N) is 1. The largest absolute Gasteiger partial charge is 0.457 e. The molecule has 124 valence electrons. The number of fused-ring (bicyclic) bond motifs is 1. The van der Waals surface area contributed by atoms with Crippen molar-refractivity contribution in [2.75, 3.05) is 13.3 Å². The van der Waals surface area contributed by atoms with Crippen LogP contribution >= 0.6 is 0 Å². The molecule has 1 N–H and O–H groups in total. The molecular formula is C19H25NO3. The summed E-state index contributed by atoms with van der Waals surface area (Å²) in [5.41, 5.74) is 3.31. The molecule has 4 nitrogen and oxygen atoms in total. The van der Waals surface area contributed by atoms with E-state index in [1.807, 2.05) is 6.07 Å². The molecule has 23 heavy (non-hydrogen) atoms. The summed E-state index contributed by atoms with van der Waals surface area (Å²) in [6.07, 6.45) is 7.70. The van der Waals surface area contributed by atoms with E-state index in [4.69, 9.17) is 9.47 Å². The summed E-state index contributed by atoms with van der Waals surface area (Å²) in [6.45, 7) is 2.52. The smallest absolute Gasteiger partial charge is 0.305 e. The Bertz CT molecular complexity index is 611. The van der Waals surface area contributed by atoms with Crippen LogP contribution in [0.4, 0.5) is 0 Å². The molecule has 0 aromatic heterocycles. The van der Waals surface area contributed by atoms with Crippen LogP contribution in [0.1, 0.15) is 50.2 Å². The molecule has 1 aliphatic heterocycles. The molecule has 4 heteroatoms. The number of hydrogen-bond donors (Lipinski definition) is 1. The third-order valence-corrected chi connectivity index (χ3v) is 6.11. The molecule has 2 fully saturated rings. The zero-order chi connectivity index (χ0) is 15.9. The highest BCUT2D eigenvalue weighted by molar-refractivity contribution is 5.65. The van der Waals surface area contributed by atoms with E-state index in [1.165, 1.54) is 50.2 Å². The Labute approximate surface area is 137 Å². The van der Waals surface area contributed by atoms with Crippen LogP contribution in [0.3, 0.4) is 0 Å². The van der Waals surface area contributed by atoms with Gasteiger partial charge in [-0.15, -0.1) is 0 Å². The SMILES string of the molecule is CC(=O)OCOc1ccc2c(c1)[C@@]13CCCC[C@@H]1[C@H](C2)NCC3. The number of carbonyl (C=O) groups excluding carboxylic acids is 1. The first-order valence-electron chi connectivity index (χ1n) is 8.82. The molecule has 1 saturated carbocycles. The Morgan fingerprint density at radius 1 is 1.35 bits per heavy atom. The van der Waals surface area contributed by atoms with Crippen LogP contribution in [0.25, 0.3) is 0 Å². The van der Waals surface area contributed by atoms with Crippen molar-refractivity contribution in [1.82, 2.24) is 5.32 Å². The summed E-state index contributed by atoms with van der Waals surface area (Å²) >= 11 is 0. The zero-order valence-corrected chi connectivity index (χ0v) is 13.8. The van der Waals surface area contributed by atoms with E-state index in [1.54, 1.807) is 0 Å². The van der Waals surface area contributed by atoms with Crippen LogP contribution < -0.4 is 10.1 Å². The van der Waals surface area contributed by atoms with Crippen LogP contribution in [0.15, 0.2) is 18.2 Å². The van der Waals surface area contributed by atoms with Crippen molar-refractivity contribution in [3.8, 4) is 5.75 Å². The summed E-state index contributed by atoms with van der Waals surface area (Å²) < 4.78 is 10.5.